The van der Waals surface area contributed by atoms with Crippen LogP contribution in [0.4, 0.5) is 44.3 Å². The molecule has 0 N–H and O–H groups in total. The second kappa shape index (κ2) is 10.3. The van der Waals surface area contributed by atoms with Gasteiger partial charge >= 0.3 is 24.6 Å². The summed E-state index contributed by atoms with van der Waals surface area (Å²) >= 11 is 1.28. The summed E-state index contributed by atoms with van der Waals surface area (Å²) in [6.45, 7) is 0.337. The smallest absolute Gasteiger partial charge is 0.416 e. The van der Waals surface area contributed by atoms with Crippen LogP contribution in [0.2, 0.25) is 0 Å². The van der Waals surface area contributed by atoms with Gasteiger partial charge in [-0.25, -0.2) is 4.79 Å². The van der Waals surface area contributed by atoms with E-state index in [0.29, 0.717) is 23.3 Å². The van der Waals surface area contributed by atoms with Crippen molar-refractivity contribution >= 4 is 17.4 Å². The molecule has 3 nitrogen and oxygen atoms in total. The fraction of sp³-hybridized carbons (Fsp3) is 0.292. The maximum absolute atomic E-state index is 13.4. The molecule has 1 aromatic heterocycles. The lowest BCUT2D eigenvalue weighted by Gasteiger charge is -2.24. The Labute approximate surface area is 209 Å². The van der Waals surface area contributed by atoms with Crippen molar-refractivity contribution < 1.29 is 49.0 Å². The predicted molar refractivity (Wildman–Crippen MR) is 118 cm³/mol. The number of rotatable bonds is 5. The van der Waals surface area contributed by atoms with E-state index in [-0.39, 0.29) is 11.6 Å². The summed E-state index contributed by atoms with van der Waals surface area (Å²) in [5.74, 6) is 0. The second-order valence-corrected chi connectivity index (χ2v) is 8.82. The highest BCUT2D eigenvalue weighted by molar-refractivity contribution is 7.08. The number of aryl methyl sites for hydroxylation is 1. The fourth-order valence-electron chi connectivity index (χ4n) is 3.65. The summed E-state index contributed by atoms with van der Waals surface area (Å²) in [6.07, 6.45) is -16.1. The number of benzene rings is 2. The summed E-state index contributed by atoms with van der Waals surface area (Å²) in [4.78, 5) is 13.2. The van der Waals surface area contributed by atoms with E-state index in [0.717, 1.165) is 29.7 Å². The Morgan fingerprint density at radius 3 is 1.81 bits per heavy atom. The molecular weight excluding hydrogens is 537 g/mol. The zero-order chi connectivity index (χ0) is 27.8. The van der Waals surface area contributed by atoms with Crippen LogP contribution in [0.1, 0.15) is 33.4 Å². The summed E-state index contributed by atoms with van der Waals surface area (Å²) < 4.78 is 125. The molecule has 0 saturated heterocycles. The van der Waals surface area contributed by atoms with Crippen LogP contribution in [0, 0.1) is 6.92 Å². The number of alkyl halides is 9. The molecule has 0 spiro atoms. The van der Waals surface area contributed by atoms with Crippen molar-refractivity contribution in [3.8, 4) is 11.1 Å². The van der Waals surface area contributed by atoms with Crippen LogP contribution in [0.5, 0.6) is 0 Å². The molecule has 3 aromatic rings. The molecule has 0 aliphatic heterocycles. The van der Waals surface area contributed by atoms with E-state index in [2.05, 4.69) is 4.74 Å². The van der Waals surface area contributed by atoms with Gasteiger partial charge in [-0.05, 0) is 75.8 Å². The highest BCUT2D eigenvalue weighted by Gasteiger charge is 2.37. The van der Waals surface area contributed by atoms with Gasteiger partial charge < -0.3 is 4.74 Å². The maximum atomic E-state index is 13.4. The lowest BCUT2D eigenvalue weighted by molar-refractivity contribution is -0.143. The Balaban J connectivity index is 2.10. The molecule has 37 heavy (non-hydrogen) atoms. The number of nitrogens with zero attached hydrogens (tertiary/aromatic N) is 1. The van der Waals surface area contributed by atoms with Gasteiger partial charge in [-0.3, -0.25) is 4.90 Å². The fourth-order valence-corrected chi connectivity index (χ4v) is 4.50. The van der Waals surface area contributed by atoms with Gasteiger partial charge in [0.05, 0.1) is 23.8 Å². The van der Waals surface area contributed by atoms with Gasteiger partial charge in [-0.2, -0.15) is 50.9 Å². The number of ether oxygens (including phenoxy) is 1. The van der Waals surface area contributed by atoms with Gasteiger partial charge in [0.15, 0.2) is 0 Å². The predicted octanol–water partition coefficient (Wildman–Crippen LogP) is 8.55. The molecular formula is C24H18F9NO2S. The Hall–Kier alpha value is -3.22. The third-order valence-corrected chi connectivity index (χ3v) is 6.25. The molecule has 13 heteroatoms. The van der Waals surface area contributed by atoms with Crippen molar-refractivity contribution in [3.05, 3.63) is 80.5 Å². The Morgan fingerprint density at radius 2 is 1.35 bits per heavy atom. The van der Waals surface area contributed by atoms with Gasteiger partial charge in [-0.1, -0.05) is 6.07 Å². The topological polar surface area (TPSA) is 29.5 Å². The van der Waals surface area contributed by atoms with Crippen molar-refractivity contribution in [2.24, 2.45) is 0 Å². The number of halogens is 9. The molecule has 0 aliphatic rings. The molecule has 0 aliphatic carbocycles. The molecule has 0 radical (unpaired) electrons. The van der Waals surface area contributed by atoms with Crippen molar-refractivity contribution in [1.29, 1.82) is 0 Å². The van der Waals surface area contributed by atoms with Crippen LogP contribution in [0.25, 0.3) is 11.1 Å². The number of carbonyl (C=O) groups is 1. The molecule has 1 amide bonds. The number of hydrogen-bond donors (Lipinski definition) is 0. The average molecular weight is 555 g/mol. The highest BCUT2D eigenvalue weighted by atomic mass is 32.1. The van der Waals surface area contributed by atoms with Crippen LogP contribution in [-0.2, 0) is 36.4 Å². The summed E-state index contributed by atoms with van der Waals surface area (Å²) in [7, 11) is 0.929. The van der Waals surface area contributed by atoms with Gasteiger partial charge in [0, 0.05) is 13.1 Å². The van der Waals surface area contributed by atoms with E-state index in [4.69, 9.17) is 0 Å². The van der Waals surface area contributed by atoms with Crippen molar-refractivity contribution in [2.75, 3.05) is 7.11 Å². The lowest BCUT2D eigenvalue weighted by Crippen LogP contribution is -2.30. The number of amides is 1. The average Bonchev–Trinajstić information content (AvgIpc) is 3.21. The minimum Gasteiger partial charge on any atom is -0.453 e. The molecule has 0 fully saturated rings. The molecule has 2 aromatic carbocycles. The zero-order valence-corrected chi connectivity index (χ0v) is 19.9. The van der Waals surface area contributed by atoms with Crippen LogP contribution in [-0.4, -0.2) is 18.1 Å². The van der Waals surface area contributed by atoms with E-state index >= 15 is 0 Å². The molecule has 200 valence electrons. The third kappa shape index (κ3) is 6.76. The quantitative estimate of drug-likeness (QED) is 0.295. The molecule has 0 atom stereocenters. The first-order valence-electron chi connectivity index (χ1n) is 10.3. The molecule has 3 rings (SSSR count). The number of hydrogen-bond acceptors (Lipinski definition) is 3. The van der Waals surface area contributed by atoms with E-state index in [1.165, 1.54) is 17.4 Å². The lowest BCUT2D eigenvalue weighted by atomic mass is 9.96. The normalized spacial score (nSPS) is 12.5. The molecule has 0 saturated carbocycles. The summed E-state index contributed by atoms with van der Waals surface area (Å²) in [6, 6.07) is 3.67. The Kier molecular flexibility index (Phi) is 7.87. The van der Waals surface area contributed by atoms with E-state index in [9.17, 15) is 44.3 Å². The van der Waals surface area contributed by atoms with Gasteiger partial charge in [-0.15, -0.1) is 0 Å². The second-order valence-electron chi connectivity index (χ2n) is 8.08. The number of thiophene rings is 1. The third-order valence-electron chi connectivity index (χ3n) is 5.39. The Bertz CT molecular complexity index is 1240. The standard InChI is InChI=1S/C24H18F9NO2S/c1-13-11-37-12-20(13)19-4-3-16(22(25,26)27)7-15(19)10-34(21(35)36-2)9-14-5-17(23(28,29)30)8-18(6-14)24(31,32)33/h3-8,11-12H,9-10H2,1-2H3. The molecule has 1 heterocycles. The largest absolute Gasteiger partial charge is 0.453 e. The summed E-state index contributed by atoms with van der Waals surface area (Å²) in [5.41, 5.74) is -3.16. The van der Waals surface area contributed by atoms with Crippen LogP contribution >= 0.6 is 11.3 Å². The van der Waals surface area contributed by atoms with E-state index in [1.54, 1.807) is 17.7 Å². The van der Waals surface area contributed by atoms with Crippen LogP contribution < -0.4 is 0 Å². The monoisotopic (exact) mass is 555 g/mol. The first kappa shape index (κ1) is 28.4. The zero-order valence-electron chi connectivity index (χ0n) is 19.1. The van der Waals surface area contributed by atoms with E-state index < -0.39 is 60.0 Å². The summed E-state index contributed by atoms with van der Waals surface area (Å²) in [5, 5.41) is 3.42. The van der Waals surface area contributed by atoms with Crippen LogP contribution in [0.15, 0.2) is 47.2 Å². The van der Waals surface area contributed by atoms with Gasteiger partial charge in [0.1, 0.15) is 0 Å². The first-order chi connectivity index (χ1) is 17.0. The minimum atomic E-state index is -5.11. The van der Waals surface area contributed by atoms with Gasteiger partial charge in [0.2, 0.25) is 0 Å². The van der Waals surface area contributed by atoms with Crippen LogP contribution in [0.3, 0.4) is 0 Å². The maximum Gasteiger partial charge on any atom is 0.416 e. The minimum absolute atomic E-state index is 0.0234. The molecule has 0 unspecified atom stereocenters. The number of methoxy groups -OCH3 is 1. The van der Waals surface area contributed by atoms with E-state index in [1.807, 2.05) is 0 Å². The van der Waals surface area contributed by atoms with Crippen molar-refractivity contribution in [3.63, 3.8) is 0 Å². The van der Waals surface area contributed by atoms with Gasteiger partial charge in [0.25, 0.3) is 0 Å². The Morgan fingerprint density at radius 1 is 0.784 bits per heavy atom. The first-order valence-corrected chi connectivity index (χ1v) is 11.3. The SMILES string of the molecule is COC(=O)N(Cc1cc(C(F)(F)F)cc(C(F)(F)F)c1)Cc1cc(C(F)(F)F)ccc1-c1cscc1C. The number of carbonyl (C=O) groups excluding carboxylic acids is 1. The van der Waals surface area contributed by atoms with Crippen molar-refractivity contribution in [1.82, 2.24) is 4.90 Å². The highest BCUT2D eigenvalue weighted by Crippen LogP contribution is 2.38. The molecule has 0 bridgehead atoms. The van der Waals surface area contributed by atoms with Crippen molar-refractivity contribution in [2.45, 2.75) is 38.5 Å².